The van der Waals surface area contributed by atoms with Crippen molar-refractivity contribution in [3.63, 3.8) is 0 Å². The smallest absolute Gasteiger partial charge is 0.175 e. The summed E-state index contributed by atoms with van der Waals surface area (Å²) in [6, 6.07) is 3.97. The third kappa shape index (κ3) is 2.72. The van der Waals surface area contributed by atoms with E-state index in [0.29, 0.717) is 0 Å². The normalized spacial score (nSPS) is 10.5. The third-order valence-corrected chi connectivity index (χ3v) is 3.40. The average molecular weight is 330 g/mol. The number of benzene rings is 1. The monoisotopic (exact) mass is 329 g/mol. The van der Waals surface area contributed by atoms with Crippen LogP contribution in [0.4, 0.5) is 10.1 Å². The van der Waals surface area contributed by atoms with E-state index in [1.807, 2.05) is 0 Å². The predicted octanol–water partition coefficient (Wildman–Crippen LogP) is 2.15. The quantitative estimate of drug-likeness (QED) is 0.931. The number of ether oxygens (including phenoxy) is 1. The molecule has 2 rings (SSSR count). The van der Waals surface area contributed by atoms with Gasteiger partial charge < -0.3 is 20.4 Å². The Labute approximate surface area is 129 Å². The zero-order valence-electron chi connectivity index (χ0n) is 10.6. The molecule has 0 unspecified atom stereocenters. The number of hydrogen-bond donors (Lipinski definition) is 1. The second-order valence-electron chi connectivity index (χ2n) is 3.99. The summed E-state index contributed by atoms with van der Waals surface area (Å²) in [5, 5.41) is 10.8. The van der Waals surface area contributed by atoms with E-state index in [1.54, 1.807) is 0 Å². The van der Waals surface area contributed by atoms with Gasteiger partial charge in [-0.3, -0.25) is 0 Å². The molecule has 0 fully saturated rings. The lowest BCUT2D eigenvalue weighted by atomic mass is 10.1. The van der Waals surface area contributed by atoms with Crippen LogP contribution >= 0.6 is 23.2 Å². The molecule has 0 aliphatic carbocycles. The number of anilines is 1. The molecule has 0 atom stereocenters. The number of methoxy groups -OCH3 is 1. The molecule has 0 aliphatic rings. The van der Waals surface area contributed by atoms with Crippen molar-refractivity contribution in [2.24, 2.45) is 0 Å². The van der Waals surface area contributed by atoms with Gasteiger partial charge >= 0.3 is 0 Å². The second-order valence-corrected chi connectivity index (χ2v) is 4.77. The Morgan fingerprint density at radius 1 is 1.43 bits per heavy atom. The number of pyridine rings is 1. The van der Waals surface area contributed by atoms with Crippen molar-refractivity contribution in [1.82, 2.24) is 4.98 Å². The van der Waals surface area contributed by atoms with Crippen LogP contribution < -0.4 is 15.6 Å². The van der Waals surface area contributed by atoms with Crippen molar-refractivity contribution in [1.29, 1.82) is 0 Å². The number of carbonyl (C=O) groups is 1. The van der Waals surface area contributed by atoms with Crippen molar-refractivity contribution in [3.8, 4) is 17.0 Å². The molecular weight excluding hydrogens is 322 g/mol. The molecule has 0 saturated heterocycles. The molecule has 0 aliphatic heterocycles. The van der Waals surface area contributed by atoms with Crippen LogP contribution in [0, 0.1) is 5.82 Å². The van der Waals surface area contributed by atoms with Crippen LogP contribution in [0.1, 0.15) is 10.5 Å². The molecule has 2 N–H and O–H groups in total. The zero-order chi connectivity index (χ0) is 15.7. The van der Waals surface area contributed by atoms with Gasteiger partial charge in [-0.25, -0.2) is 9.37 Å². The number of carboxylic acid groups (broad SMARTS) is 1. The zero-order valence-corrected chi connectivity index (χ0v) is 12.1. The molecule has 8 heteroatoms. The van der Waals surface area contributed by atoms with Gasteiger partial charge in [0, 0.05) is 5.56 Å². The molecule has 0 spiro atoms. The van der Waals surface area contributed by atoms with Gasteiger partial charge in [0.1, 0.15) is 5.69 Å². The first-order valence-electron chi connectivity index (χ1n) is 5.56. The van der Waals surface area contributed by atoms with Crippen LogP contribution in [0.25, 0.3) is 11.3 Å². The van der Waals surface area contributed by atoms with Crippen LogP contribution in [-0.4, -0.2) is 18.1 Å². The highest BCUT2D eigenvalue weighted by atomic mass is 35.5. The number of carbonyl (C=O) groups excluding carboxylic acids is 1. The Morgan fingerprint density at radius 3 is 2.67 bits per heavy atom. The maximum atomic E-state index is 14.3. The number of hydrogen-bond acceptors (Lipinski definition) is 5. The minimum Gasteiger partial charge on any atom is -0.543 e. The van der Waals surface area contributed by atoms with Gasteiger partial charge in [-0.05, 0) is 18.2 Å². The van der Waals surface area contributed by atoms with Crippen LogP contribution in [0.3, 0.4) is 0 Å². The summed E-state index contributed by atoms with van der Waals surface area (Å²) in [6.45, 7) is 0. The topological polar surface area (TPSA) is 88.3 Å². The summed E-state index contributed by atoms with van der Waals surface area (Å²) in [5.74, 6) is -2.59. The Hall–Kier alpha value is -2.05. The fourth-order valence-corrected chi connectivity index (χ4v) is 2.14. The van der Waals surface area contributed by atoms with Gasteiger partial charge in [0.15, 0.2) is 11.6 Å². The van der Waals surface area contributed by atoms with Crippen molar-refractivity contribution >= 4 is 34.9 Å². The third-order valence-electron chi connectivity index (χ3n) is 2.71. The van der Waals surface area contributed by atoms with Crippen LogP contribution in [0.15, 0.2) is 18.2 Å². The number of nitrogen functional groups attached to an aromatic ring is 1. The van der Waals surface area contributed by atoms with Crippen LogP contribution in [0.5, 0.6) is 5.75 Å². The lowest BCUT2D eigenvalue weighted by Crippen LogP contribution is -2.24. The first-order chi connectivity index (χ1) is 9.86. The number of carboxylic acids is 1. The van der Waals surface area contributed by atoms with E-state index >= 15 is 0 Å². The molecule has 1 heterocycles. The maximum absolute atomic E-state index is 14.3. The SMILES string of the molecule is COc1c(Cl)ccc(-c2cc(N)c(Cl)c(C(=O)[O-])n2)c1F. The number of aromatic nitrogens is 1. The van der Waals surface area contributed by atoms with E-state index in [1.165, 1.54) is 25.3 Å². The molecule has 1 aromatic carbocycles. The first-order valence-corrected chi connectivity index (χ1v) is 6.32. The number of nitrogens with two attached hydrogens (primary N) is 1. The number of aromatic carboxylic acids is 1. The summed E-state index contributed by atoms with van der Waals surface area (Å²) in [6.07, 6.45) is 0. The Bertz CT molecular complexity index is 738. The molecule has 0 amide bonds. The summed E-state index contributed by atoms with van der Waals surface area (Å²) in [4.78, 5) is 14.7. The molecule has 0 bridgehead atoms. The lowest BCUT2D eigenvalue weighted by molar-refractivity contribution is -0.255. The van der Waals surface area contributed by atoms with E-state index in [-0.39, 0.29) is 32.7 Å². The Kier molecular flexibility index (Phi) is 4.20. The van der Waals surface area contributed by atoms with E-state index in [4.69, 9.17) is 33.7 Å². The van der Waals surface area contributed by atoms with Gasteiger partial charge in [-0.1, -0.05) is 23.2 Å². The highest BCUT2D eigenvalue weighted by Gasteiger charge is 2.18. The molecule has 21 heavy (non-hydrogen) atoms. The highest BCUT2D eigenvalue weighted by Crippen LogP contribution is 2.36. The minimum absolute atomic E-state index is 0.0245. The van der Waals surface area contributed by atoms with Gasteiger partial charge in [-0.15, -0.1) is 0 Å². The van der Waals surface area contributed by atoms with E-state index < -0.39 is 17.5 Å². The maximum Gasteiger partial charge on any atom is 0.175 e. The molecular formula is C13H8Cl2FN2O3-. The average Bonchev–Trinajstić information content (AvgIpc) is 2.42. The van der Waals surface area contributed by atoms with Gasteiger partial charge in [0.2, 0.25) is 0 Å². The standard InChI is InChI=1S/C13H9Cl2FN2O3/c1-21-12-6(14)3-2-5(10(12)16)8-4-7(17)9(15)11(18-8)13(19)20/h2-4H,1H3,(H2,17,18)(H,19,20)/p-1. The summed E-state index contributed by atoms with van der Waals surface area (Å²) < 4.78 is 19.1. The van der Waals surface area contributed by atoms with Crippen molar-refractivity contribution in [2.45, 2.75) is 0 Å². The predicted molar refractivity (Wildman–Crippen MR) is 74.9 cm³/mol. The van der Waals surface area contributed by atoms with E-state index in [0.717, 1.165) is 0 Å². The van der Waals surface area contributed by atoms with Crippen LogP contribution in [-0.2, 0) is 0 Å². The van der Waals surface area contributed by atoms with Gasteiger partial charge in [0.25, 0.3) is 0 Å². The highest BCUT2D eigenvalue weighted by molar-refractivity contribution is 6.35. The molecule has 0 radical (unpaired) electrons. The Balaban J connectivity index is 2.71. The summed E-state index contributed by atoms with van der Waals surface area (Å²) in [5.41, 5.74) is 4.92. The van der Waals surface area contributed by atoms with Crippen molar-refractivity contribution in [2.75, 3.05) is 12.8 Å². The fraction of sp³-hybridized carbons (Fsp3) is 0.0769. The Morgan fingerprint density at radius 2 is 2.10 bits per heavy atom. The molecule has 0 saturated carbocycles. The molecule has 1 aromatic heterocycles. The van der Waals surface area contributed by atoms with Crippen molar-refractivity contribution < 1.29 is 19.0 Å². The van der Waals surface area contributed by atoms with Crippen LogP contribution in [0.2, 0.25) is 10.0 Å². The lowest BCUT2D eigenvalue weighted by Gasteiger charge is -2.12. The molecule has 2 aromatic rings. The fourth-order valence-electron chi connectivity index (χ4n) is 1.74. The van der Waals surface area contributed by atoms with E-state index in [2.05, 4.69) is 4.98 Å². The largest absolute Gasteiger partial charge is 0.543 e. The molecule has 5 nitrogen and oxygen atoms in total. The number of halogens is 3. The van der Waals surface area contributed by atoms with Gasteiger partial charge in [0.05, 0.1) is 34.5 Å². The van der Waals surface area contributed by atoms with Crippen molar-refractivity contribution in [3.05, 3.63) is 39.8 Å². The molecule has 110 valence electrons. The summed E-state index contributed by atoms with van der Waals surface area (Å²) >= 11 is 11.5. The first kappa shape index (κ1) is 15.3. The van der Waals surface area contributed by atoms with Gasteiger partial charge in [-0.2, -0.15) is 0 Å². The number of rotatable bonds is 3. The second kappa shape index (κ2) is 5.75. The minimum atomic E-state index is -1.62. The summed E-state index contributed by atoms with van der Waals surface area (Å²) in [7, 11) is 1.25. The number of nitrogens with zero attached hydrogens (tertiary/aromatic N) is 1. The van der Waals surface area contributed by atoms with E-state index in [9.17, 15) is 14.3 Å².